The highest BCUT2D eigenvalue weighted by molar-refractivity contribution is 7.25. The van der Waals surface area contributed by atoms with Gasteiger partial charge in [-0.1, -0.05) is 121 Å². The number of hydrogen-bond donors (Lipinski definition) is 0. The first kappa shape index (κ1) is 25.0. The summed E-state index contributed by atoms with van der Waals surface area (Å²) in [5, 5.41) is 8.62. The van der Waals surface area contributed by atoms with Crippen LogP contribution in [0.5, 0.6) is 0 Å². The fraction of sp³-hybridized carbons (Fsp3) is 0. The van der Waals surface area contributed by atoms with E-state index in [1.807, 2.05) is 0 Å². The molecule has 0 amide bonds. The van der Waals surface area contributed by atoms with E-state index in [9.17, 15) is 0 Å². The molecule has 44 heavy (non-hydrogen) atoms. The van der Waals surface area contributed by atoms with Gasteiger partial charge in [0.2, 0.25) is 0 Å². The molecular formula is C41H26N2S. The van der Waals surface area contributed by atoms with Crippen molar-refractivity contribution in [1.29, 1.82) is 0 Å². The van der Waals surface area contributed by atoms with Crippen molar-refractivity contribution in [2.24, 2.45) is 0 Å². The normalized spacial score (nSPS) is 11.6. The lowest BCUT2D eigenvalue weighted by molar-refractivity contribution is 1.22. The van der Waals surface area contributed by atoms with E-state index >= 15 is 0 Å². The van der Waals surface area contributed by atoms with Gasteiger partial charge in [-0.3, -0.25) is 4.90 Å². The van der Waals surface area contributed by atoms with Gasteiger partial charge >= 0.3 is 0 Å². The van der Waals surface area contributed by atoms with Crippen LogP contribution in [-0.2, 0) is 0 Å². The molecule has 0 aliphatic rings. The summed E-state index contributed by atoms with van der Waals surface area (Å²) in [6.07, 6.45) is 0. The first-order valence-corrected chi connectivity index (χ1v) is 15.7. The van der Waals surface area contributed by atoms with Gasteiger partial charge in [-0.25, -0.2) is 4.98 Å². The molecule has 206 valence electrons. The third-order valence-corrected chi connectivity index (χ3v) is 9.78. The average Bonchev–Trinajstić information content (AvgIpc) is 3.47. The molecule has 2 nitrogen and oxygen atoms in total. The molecule has 0 unspecified atom stereocenters. The molecule has 0 spiro atoms. The van der Waals surface area contributed by atoms with Gasteiger partial charge in [-0.05, 0) is 74.5 Å². The van der Waals surface area contributed by atoms with Crippen molar-refractivity contribution in [3.05, 3.63) is 158 Å². The Morgan fingerprint density at radius 2 is 1.09 bits per heavy atom. The third kappa shape index (κ3) is 3.98. The number of thiophene rings is 1. The van der Waals surface area contributed by atoms with E-state index in [-0.39, 0.29) is 0 Å². The van der Waals surface area contributed by atoms with Crippen LogP contribution in [0.25, 0.3) is 63.7 Å². The maximum atomic E-state index is 5.38. The summed E-state index contributed by atoms with van der Waals surface area (Å²) in [4.78, 5) is 7.72. The van der Waals surface area contributed by atoms with Crippen LogP contribution < -0.4 is 4.90 Å². The van der Waals surface area contributed by atoms with E-state index < -0.39 is 0 Å². The highest BCUT2D eigenvalue weighted by atomic mass is 32.1. The van der Waals surface area contributed by atoms with Crippen molar-refractivity contribution in [3.8, 4) is 11.1 Å². The lowest BCUT2D eigenvalue weighted by atomic mass is 9.95. The summed E-state index contributed by atoms with van der Waals surface area (Å²) in [5.41, 5.74) is 5.63. The molecule has 0 radical (unpaired) electrons. The smallest absolute Gasteiger partial charge is 0.138 e. The maximum Gasteiger partial charge on any atom is 0.138 e. The van der Waals surface area contributed by atoms with Gasteiger partial charge in [0.05, 0.1) is 15.9 Å². The molecule has 0 saturated heterocycles. The number of benzene rings is 7. The average molecular weight is 579 g/mol. The Labute approximate surface area is 259 Å². The highest BCUT2D eigenvalue weighted by Crippen LogP contribution is 2.44. The molecule has 2 heterocycles. The zero-order valence-corrected chi connectivity index (χ0v) is 24.6. The summed E-state index contributed by atoms with van der Waals surface area (Å²) < 4.78 is 2.46. The van der Waals surface area contributed by atoms with Crippen LogP contribution in [0, 0.1) is 0 Å². The summed E-state index contributed by atoms with van der Waals surface area (Å²) in [6, 6.07) is 56.7. The SMILES string of the molecule is c1ccc(-c2ccc(N(c3ccc4sc5ccccc5c4n3)c3cc4c5ccccc5ccc4c4ccccc34)cc2)cc1. The molecule has 7 aromatic carbocycles. The van der Waals surface area contributed by atoms with Gasteiger partial charge < -0.3 is 0 Å². The topological polar surface area (TPSA) is 16.1 Å². The maximum absolute atomic E-state index is 5.38. The van der Waals surface area contributed by atoms with E-state index in [2.05, 4.69) is 163 Å². The monoisotopic (exact) mass is 578 g/mol. The summed E-state index contributed by atoms with van der Waals surface area (Å²) >= 11 is 1.80. The standard InChI is InChI=1S/C41H26N2S/c1-2-10-27(11-3-1)28-18-21-30(22-19-28)43(40-25-24-39-41(42-40)35-16-8-9-17-38(35)44-39)37-26-36-31-13-5-4-12-29(31)20-23-33(36)32-14-6-7-15-34(32)37/h1-26H. The molecule has 0 saturated carbocycles. The van der Waals surface area contributed by atoms with Gasteiger partial charge in [-0.15, -0.1) is 11.3 Å². The Hall–Kier alpha value is -5.51. The lowest BCUT2D eigenvalue weighted by Crippen LogP contribution is -2.12. The van der Waals surface area contributed by atoms with Gasteiger partial charge in [-0.2, -0.15) is 0 Å². The van der Waals surface area contributed by atoms with Crippen molar-refractivity contribution in [2.75, 3.05) is 4.90 Å². The Kier molecular flexibility index (Phi) is 5.71. The van der Waals surface area contributed by atoms with Crippen LogP contribution in [-0.4, -0.2) is 4.98 Å². The molecule has 2 aromatic heterocycles. The van der Waals surface area contributed by atoms with Crippen LogP contribution in [0.4, 0.5) is 17.2 Å². The molecular weight excluding hydrogens is 553 g/mol. The van der Waals surface area contributed by atoms with Crippen molar-refractivity contribution >= 4 is 81.1 Å². The Balaban J connectivity index is 1.34. The van der Waals surface area contributed by atoms with Gasteiger partial charge in [0, 0.05) is 21.2 Å². The van der Waals surface area contributed by atoms with Crippen molar-refractivity contribution < 1.29 is 0 Å². The second kappa shape index (κ2) is 10.0. The summed E-state index contributed by atoms with van der Waals surface area (Å²) in [6.45, 7) is 0. The quantitative estimate of drug-likeness (QED) is 0.193. The van der Waals surface area contributed by atoms with E-state index in [1.54, 1.807) is 11.3 Å². The number of hydrogen-bond acceptors (Lipinski definition) is 3. The van der Waals surface area contributed by atoms with Crippen LogP contribution in [0.2, 0.25) is 0 Å². The number of fused-ring (bicyclic) bond motifs is 8. The fourth-order valence-electron chi connectivity index (χ4n) is 6.56. The molecule has 9 aromatic rings. The first-order chi connectivity index (χ1) is 21.8. The number of aromatic nitrogens is 1. The fourth-order valence-corrected chi connectivity index (χ4v) is 7.61. The van der Waals surface area contributed by atoms with E-state index in [1.165, 1.54) is 58.2 Å². The van der Waals surface area contributed by atoms with E-state index in [4.69, 9.17) is 4.98 Å². The van der Waals surface area contributed by atoms with Gasteiger partial charge in [0.15, 0.2) is 0 Å². The number of anilines is 3. The predicted molar refractivity (Wildman–Crippen MR) is 190 cm³/mol. The van der Waals surface area contributed by atoms with E-state index in [0.29, 0.717) is 0 Å². The summed E-state index contributed by atoms with van der Waals surface area (Å²) in [5.74, 6) is 0.901. The summed E-state index contributed by atoms with van der Waals surface area (Å²) in [7, 11) is 0. The van der Waals surface area contributed by atoms with Crippen molar-refractivity contribution in [2.45, 2.75) is 0 Å². The number of rotatable bonds is 4. The second-order valence-electron chi connectivity index (χ2n) is 11.2. The molecule has 0 N–H and O–H groups in total. The molecule has 0 atom stereocenters. The van der Waals surface area contributed by atoms with Gasteiger partial charge in [0.25, 0.3) is 0 Å². The van der Waals surface area contributed by atoms with E-state index in [0.717, 1.165) is 22.7 Å². The minimum absolute atomic E-state index is 0.901. The molecule has 9 rings (SSSR count). The number of nitrogens with zero attached hydrogens (tertiary/aromatic N) is 2. The Bertz CT molecular complexity index is 2490. The van der Waals surface area contributed by atoms with Crippen molar-refractivity contribution in [3.63, 3.8) is 0 Å². The Morgan fingerprint density at radius 1 is 0.432 bits per heavy atom. The highest BCUT2D eigenvalue weighted by Gasteiger charge is 2.20. The zero-order chi connectivity index (χ0) is 29.0. The largest absolute Gasteiger partial charge is 0.294 e. The molecule has 0 aliphatic carbocycles. The second-order valence-corrected chi connectivity index (χ2v) is 12.3. The molecule has 3 heteroatoms. The number of pyridine rings is 1. The van der Waals surface area contributed by atoms with Gasteiger partial charge in [0.1, 0.15) is 5.82 Å². The zero-order valence-electron chi connectivity index (χ0n) is 23.8. The third-order valence-electron chi connectivity index (χ3n) is 8.65. The van der Waals surface area contributed by atoms with Crippen LogP contribution in [0.1, 0.15) is 0 Å². The lowest BCUT2D eigenvalue weighted by Gasteiger charge is -2.27. The minimum Gasteiger partial charge on any atom is -0.294 e. The predicted octanol–water partition coefficient (Wildman–Crippen LogP) is 12.0. The Morgan fingerprint density at radius 3 is 1.93 bits per heavy atom. The van der Waals surface area contributed by atoms with Crippen LogP contribution in [0.3, 0.4) is 0 Å². The van der Waals surface area contributed by atoms with Crippen LogP contribution in [0.15, 0.2) is 158 Å². The minimum atomic E-state index is 0.901. The van der Waals surface area contributed by atoms with Crippen LogP contribution >= 0.6 is 11.3 Å². The molecule has 0 fully saturated rings. The molecule has 0 aliphatic heterocycles. The first-order valence-electron chi connectivity index (χ1n) is 14.9. The van der Waals surface area contributed by atoms with Crippen molar-refractivity contribution in [1.82, 2.24) is 4.98 Å². The molecule has 0 bridgehead atoms.